The number of unbranched alkanes of at least 4 members (excludes halogenated alkanes) is 29. The zero-order valence-corrected chi connectivity index (χ0v) is 33.5. The summed E-state index contributed by atoms with van der Waals surface area (Å²) in [6, 6.07) is -0.744. The minimum atomic E-state index is -0.929. The molecule has 4 N–H and O–H groups in total. The molecule has 0 aliphatic rings. The number of amides is 1. The van der Waals surface area contributed by atoms with Crippen LogP contribution in [0.3, 0.4) is 0 Å². The fourth-order valence-electron chi connectivity index (χ4n) is 6.81. The van der Waals surface area contributed by atoms with Crippen LogP contribution in [0.2, 0.25) is 0 Å². The summed E-state index contributed by atoms with van der Waals surface area (Å²) in [7, 11) is 0. The van der Waals surface area contributed by atoms with E-state index in [1.54, 1.807) is 6.08 Å². The lowest BCUT2D eigenvalue weighted by Gasteiger charge is -2.21. The fourth-order valence-corrected chi connectivity index (χ4v) is 6.81. The van der Waals surface area contributed by atoms with Crippen molar-refractivity contribution in [1.29, 1.82) is 0 Å². The highest BCUT2D eigenvalue weighted by Crippen LogP contribution is 2.15. The standard InChI is InChI=1S/C45H87NO4/c1-3-5-7-9-11-13-15-17-19-21-23-25-27-29-31-33-35-37-39-44(49)43(41-47)46-45(50)40-42(48)38-36-34-32-30-28-26-24-22-20-18-16-14-12-10-8-6-4-2/h22,24,37,39,42-44,47-49H,3-21,23,25-36,38,40-41H2,1-2H3,(H,46,50)/b24-22-,39-37+. The molecule has 5 nitrogen and oxygen atoms in total. The molecule has 1 amide bonds. The predicted octanol–water partition coefficient (Wildman–Crippen LogP) is 12.6. The first-order chi connectivity index (χ1) is 24.5. The molecule has 3 atom stereocenters. The number of carbonyl (C=O) groups excluding carboxylic acids is 1. The van der Waals surface area contributed by atoms with E-state index in [1.165, 1.54) is 167 Å². The van der Waals surface area contributed by atoms with Gasteiger partial charge in [-0.15, -0.1) is 0 Å². The van der Waals surface area contributed by atoms with Gasteiger partial charge in [-0.25, -0.2) is 0 Å². The lowest BCUT2D eigenvalue weighted by atomic mass is 10.0. The third kappa shape index (κ3) is 36.6. The van der Waals surface area contributed by atoms with Crippen molar-refractivity contribution in [2.24, 2.45) is 0 Å². The van der Waals surface area contributed by atoms with Crippen LogP contribution in [0.15, 0.2) is 24.3 Å². The molecule has 0 aliphatic heterocycles. The zero-order chi connectivity index (χ0) is 36.6. The third-order valence-corrected chi connectivity index (χ3v) is 10.2. The minimum Gasteiger partial charge on any atom is -0.394 e. The molecule has 0 spiro atoms. The molecule has 296 valence electrons. The van der Waals surface area contributed by atoms with Crippen LogP contribution in [-0.2, 0) is 4.79 Å². The second-order valence-corrected chi connectivity index (χ2v) is 15.3. The maximum absolute atomic E-state index is 12.4. The van der Waals surface area contributed by atoms with Crippen molar-refractivity contribution >= 4 is 5.91 Å². The Morgan fingerprint density at radius 3 is 1.22 bits per heavy atom. The van der Waals surface area contributed by atoms with Crippen molar-refractivity contribution in [3.63, 3.8) is 0 Å². The summed E-state index contributed by atoms with van der Waals surface area (Å²) in [4.78, 5) is 12.4. The molecule has 0 aromatic heterocycles. The van der Waals surface area contributed by atoms with E-state index in [-0.39, 0.29) is 18.9 Å². The largest absolute Gasteiger partial charge is 0.394 e. The number of aliphatic hydroxyl groups excluding tert-OH is 3. The number of allylic oxidation sites excluding steroid dienone is 3. The van der Waals surface area contributed by atoms with Gasteiger partial charge in [0, 0.05) is 0 Å². The number of aliphatic hydroxyl groups is 3. The van der Waals surface area contributed by atoms with E-state index >= 15 is 0 Å². The molecule has 0 bridgehead atoms. The van der Waals surface area contributed by atoms with Crippen LogP contribution in [-0.4, -0.2) is 46.1 Å². The summed E-state index contributed by atoms with van der Waals surface area (Å²) < 4.78 is 0. The molecule has 5 heteroatoms. The van der Waals surface area contributed by atoms with Gasteiger partial charge in [0.15, 0.2) is 0 Å². The first kappa shape index (κ1) is 48.8. The molecule has 0 heterocycles. The van der Waals surface area contributed by atoms with Crippen molar-refractivity contribution in [3.05, 3.63) is 24.3 Å². The smallest absolute Gasteiger partial charge is 0.222 e. The van der Waals surface area contributed by atoms with Gasteiger partial charge in [-0.2, -0.15) is 0 Å². The van der Waals surface area contributed by atoms with Crippen molar-refractivity contribution in [2.45, 2.75) is 250 Å². The summed E-state index contributed by atoms with van der Waals surface area (Å²) in [5.41, 5.74) is 0. The van der Waals surface area contributed by atoms with Gasteiger partial charge in [-0.1, -0.05) is 205 Å². The highest BCUT2D eigenvalue weighted by molar-refractivity contribution is 5.76. The minimum absolute atomic E-state index is 0.00970. The highest BCUT2D eigenvalue weighted by Gasteiger charge is 2.20. The molecular formula is C45H87NO4. The maximum atomic E-state index is 12.4. The Kier molecular flexibility index (Phi) is 39.6. The molecule has 0 fully saturated rings. The molecule has 0 rings (SSSR count). The average molecular weight is 706 g/mol. The Hall–Kier alpha value is -1.17. The Balaban J connectivity index is 3.67. The van der Waals surface area contributed by atoms with Crippen LogP contribution in [0, 0.1) is 0 Å². The summed E-state index contributed by atoms with van der Waals surface area (Å²) in [5, 5.41) is 33.2. The van der Waals surface area contributed by atoms with Gasteiger partial charge in [0.05, 0.1) is 31.3 Å². The van der Waals surface area contributed by atoms with E-state index in [1.807, 2.05) is 6.08 Å². The molecule has 0 radical (unpaired) electrons. The van der Waals surface area contributed by atoms with Crippen LogP contribution in [0.25, 0.3) is 0 Å². The topological polar surface area (TPSA) is 89.8 Å². The van der Waals surface area contributed by atoms with Crippen LogP contribution in [0.1, 0.15) is 232 Å². The van der Waals surface area contributed by atoms with Gasteiger partial charge in [0.1, 0.15) is 0 Å². The SMILES string of the molecule is CCCCCCCCCC/C=C\CCCCCCCC(O)CC(=O)NC(CO)C(O)/C=C/CCCCCCCCCCCCCCCCCC. The van der Waals surface area contributed by atoms with Gasteiger partial charge in [0.2, 0.25) is 5.91 Å². The van der Waals surface area contributed by atoms with Gasteiger partial charge in [-0.3, -0.25) is 4.79 Å². The average Bonchev–Trinajstić information content (AvgIpc) is 3.11. The van der Waals surface area contributed by atoms with E-state index < -0.39 is 18.2 Å². The van der Waals surface area contributed by atoms with E-state index in [0.717, 1.165) is 38.5 Å². The van der Waals surface area contributed by atoms with Crippen LogP contribution >= 0.6 is 0 Å². The van der Waals surface area contributed by atoms with E-state index in [9.17, 15) is 20.1 Å². The highest BCUT2D eigenvalue weighted by atomic mass is 16.3. The summed E-state index contributed by atoms with van der Waals surface area (Å²) >= 11 is 0. The van der Waals surface area contributed by atoms with Crippen LogP contribution in [0.5, 0.6) is 0 Å². The van der Waals surface area contributed by atoms with E-state index in [0.29, 0.717) is 6.42 Å². The number of hydrogen-bond donors (Lipinski definition) is 4. The lowest BCUT2D eigenvalue weighted by Crippen LogP contribution is -2.45. The van der Waals surface area contributed by atoms with Gasteiger partial charge in [-0.05, 0) is 44.9 Å². The second kappa shape index (κ2) is 40.6. The summed E-state index contributed by atoms with van der Waals surface area (Å²) in [5.74, 6) is -0.319. The summed E-state index contributed by atoms with van der Waals surface area (Å²) in [6.45, 7) is 4.22. The van der Waals surface area contributed by atoms with Crippen molar-refractivity contribution in [2.75, 3.05) is 6.61 Å². The van der Waals surface area contributed by atoms with Gasteiger partial charge >= 0.3 is 0 Å². The van der Waals surface area contributed by atoms with Crippen molar-refractivity contribution in [1.82, 2.24) is 5.32 Å². The monoisotopic (exact) mass is 706 g/mol. The van der Waals surface area contributed by atoms with Gasteiger partial charge < -0.3 is 20.6 Å². The van der Waals surface area contributed by atoms with Crippen LogP contribution < -0.4 is 5.32 Å². The Morgan fingerprint density at radius 2 is 0.840 bits per heavy atom. The summed E-state index contributed by atoms with van der Waals surface area (Å²) in [6.07, 6.45) is 48.9. The number of carbonyl (C=O) groups is 1. The number of nitrogens with one attached hydrogen (secondary N) is 1. The lowest BCUT2D eigenvalue weighted by molar-refractivity contribution is -0.124. The molecule has 3 unspecified atom stereocenters. The quantitative estimate of drug-likeness (QED) is 0.0377. The van der Waals surface area contributed by atoms with Crippen molar-refractivity contribution in [3.8, 4) is 0 Å². The maximum Gasteiger partial charge on any atom is 0.222 e. The Labute approximate surface area is 312 Å². The predicted molar refractivity (Wildman–Crippen MR) is 218 cm³/mol. The molecule has 50 heavy (non-hydrogen) atoms. The number of rotatable bonds is 40. The van der Waals surface area contributed by atoms with Crippen LogP contribution in [0.4, 0.5) is 0 Å². The fraction of sp³-hybridized carbons (Fsp3) is 0.889. The van der Waals surface area contributed by atoms with Gasteiger partial charge in [0.25, 0.3) is 0 Å². The number of hydrogen-bond acceptors (Lipinski definition) is 4. The van der Waals surface area contributed by atoms with E-state index in [4.69, 9.17) is 0 Å². The third-order valence-electron chi connectivity index (χ3n) is 10.2. The zero-order valence-electron chi connectivity index (χ0n) is 33.5. The van der Waals surface area contributed by atoms with E-state index in [2.05, 4.69) is 31.3 Å². The molecular weight excluding hydrogens is 618 g/mol. The first-order valence-electron chi connectivity index (χ1n) is 22.1. The second-order valence-electron chi connectivity index (χ2n) is 15.3. The molecule has 0 aromatic rings. The van der Waals surface area contributed by atoms with Crippen molar-refractivity contribution < 1.29 is 20.1 Å². The normalized spacial score (nSPS) is 13.8. The molecule has 0 saturated heterocycles. The molecule has 0 saturated carbocycles. The molecule has 0 aliphatic carbocycles. The first-order valence-corrected chi connectivity index (χ1v) is 22.1. The Morgan fingerprint density at radius 1 is 0.500 bits per heavy atom. The Bertz CT molecular complexity index is 739. The molecule has 0 aromatic carbocycles.